The minimum Gasteiger partial charge on any atom is -0.488 e. The zero-order valence-corrected chi connectivity index (χ0v) is 27.2. The first-order chi connectivity index (χ1) is 22.0. The van der Waals surface area contributed by atoms with Gasteiger partial charge in [0.15, 0.2) is 4.80 Å². The SMILES string of the molecule is O=c1/c(=C\c2c(OCc3ccc(Br)cc3)ccc3ccccc23)sc2n1C(c1ccccc1Cl)C1=C(N=2)c2ccccc2CC1. The molecule has 0 radical (unpaired) electrons. The summed E-state index contributed by atoms with van der Waals surface area (Å²) in [5.74, 6) is 0.721. The van der Waals surface area contributed by atoms with Crippen molar-refractivity contribution < 1.29 is 4.74 Å². The van der Waals surface area contributed by atoms with Gasteiger partial charge in [0.05, 0.1) is 16.3 Å². The summed E-state index contributed by atoms with van der Waals surface area (Å²) in [6.07, 6.45) is 3.68. The zero-order chi connectivity index (χ0) is 30.5. The highest BCUT2D eigenvalue weighted by Gasteiger charge is 2.33. The van der Waals surface area contributed by atoms with E-state index in [4.69, 9.17) is 21.3 Å². The highest BCUT2D eigenvalue weighted by Crippen LogP contribution is 2.42. The number of allylic oxidation sites excluding steroid dienone is 1. The maximum Gasteiger partial charge on any atom is 0.271 e. The molecule has 1 atom stereocenters. The van der Waals surface area contributed by atoms with Gasteiger partial charge < -0.3 is 4.74 Å². The van der Waals surface area contributed by atoms with Gasteiger partial charge in [0, 0.05) is 20.6 Å². The van der Waals surface area contributed by atoms with E-state index in [0.717, 1.165) is 67.4 Å². The van der Waals surface area contributed by atoms with Crippen molar-refractivity contribution in [1.82, 2.24) is 4.57 Å². The van der Waals surface area contributed by atoms with E-state index >= 15 is 0 Å². The molecule has 7 heteroatoms. The van der Waals surface area contributed by atoms with Crippen LogP contribution in [0.4, 0.5) is 0 Å². The molecule has 4 nitrogen and oxygen atoms in total. The highest BCUT2D eigenvalue weighted by atomic mass is 79.9. The molecule has 2 heterocycles. The van der Waals surface area contributed by atoms with Crippen molar-refractivity contribution in [3.05, 3.63) is 172 Å². The number of hydrogen-bond acceptors (Lipinski definition) is 4. The Labute approximate surface area is 277 Å². The van der Waals surface area contributed by atoms with Gasteiger partial charge in [0.25, 0.3) is 5.56 Å². The van der Waals surface area contributed by atoms with Crippen molar-refractivity contribution >= 4 is 61.4 Å². The molecule has 1 aromatic heterocycles. The largest absolute Gasteiger partial charge is 0.488 e. The van der Waals surface area contributed by atoms with Crippen LogP contribution in [-0.4, -0.2) is 4.57 Å². The lowest BCUT2D eigenvalue weighted by molar-refractivity contribution is 0.306. The Hall–Kier alpha value is -4.23. The van der Waals surface area contributed by atoms with E-state index in [-0.39, 0.29) is 11.6 Å². The molecule has 0 amide bonds. The Balaban J connectivity index is 1.33. The maximum atomic E-state index is 14.5. The zero-order valence-electron chi connectivity index (χ0n) is 24.0. The van der Waals surface area contributed by atoms with Crippen molar-refractivity contribution in [2.24, 2.45) is 4.99 Å². The normalized spacial score (nSPS) is 15.8. The van der Waals surface area contributed by atoms with E-state index in [0.29, 0.717) is 21.0 Å². The van der Waals surface area contributed by atoms with Gasteiger partial charge in [-0.25, -0.2) is 4.99 Å². The molecule has 1 aliphatic carbocycles. The molecule has 0 saturated heterocycles. The van der Waals surface area contributed by atoms with Crippen LogP contribution in [0.25, 0.3) is 22.5 Å². The first-order valence-corrected chi connectivity index (χ1v) is 16.8. The van der Waals surface area contributed by atoms with Gasteiger partial charge in [-0.3, -0.25) is 9.36 Å². The Morgan fingerprint density at radius 1 is 0.911 bits per heavy atom. The summed E-state index contributed by atoms with van der Waals surface area (Å²) in [6.45, 7) is 0.409. The quantitative estimate of drug-likeness (QED) is 0.182. The van der Waals surface area contributed by atoms with Crippen LogP contribution in [0.3, 0.4) is 0 Å². The third-order valence-electron chi connectivity index (χ3n) is 8.59. The minimum atomic E-state index is -0.332. The fourth-order valence-corrected chi connectivity index (χ4v) is 7.91. The third kappa shape index (κ3) is 5.07. The molecule has 5 aromatic carbocycles. The fourth-order valence-electron chi connectivity index (χ4n) is 6.42. The average molecular weight is 690 g/mol. The number of benzene rings is 5. The lowest BCUT2D eigenvalue weighted by Gasteiger charge is -2.31. The second-order valence-corrected chi connectivity index (χ2v) is 13.6. The van der Waals surface area contributed by atoms with Crippen LogP contribution in [0.2, 0.25) is 5.02 Å². The van der Waals surface area contributed by atoms with Gasteiger partial charge in [0.1, 0.15) is 12.4 Å². The first-order valence-electron chi connectivity index (χ1n) is 14.8. The molecule has 0 bridgehead atoms. The number of ether oxygens (including phenoxy) is 1. The monoisotopic (exact) mass is 688 g/mol. The number of aromatic nitrogens is 1. The summed E-state index contributed by atoms with van der Waals surface area (Å²) in [5.41, 5.74) is 7.26. The number of rotatable bonds is 5. The van der Waals surface area contributed by atoms with Crippen LogP contribution in [0.1, 0.15) is 40.3 Å². The summed E-state index contributed by atoms with van der Waals surface area (Å²) in [6, 6.07) is 36.3. The smallest absolute Gasteiger partial charge is 0.271 e. The van der Waals surface area contributed by atoms with Gasteiger partial charge in [-0.15, -0.1) is 0 Å². The van der Waals surface area contributed by atoms with E-state index in [1.807, 2.05) is 77.4 Å². The lowest BCUT2D eigenvalue weighted by atomic mass is 9.83. The number of nitrogens with zero attached hydrogens (tertiary/aromatic N) is 2. The van der Waals surface area contributed by atoms with Crippen LogP contribution in [0, 0.1) is 0 Å². The van der Waals surface area contributed by atoms with Gasteiger partial charge in [-0.1, -0.05) is 124 Å². The summed E-state index contributed by atoms with van der Waals surface area (Å²) in [4.78, 5) is 20.3. The summed E-state index contributed by atoms with van der Waals surface area (Å²) in [5, 5.41) is 2.74. The Kier molecular flexibility index (Phi) is 7.29. The van der Waals surface area contributed by atoms with Crippen LogP contribution in [-0.2, 0) is 13.0 Å². The van der Waals surface area contributed by atoms with E-state index in [2.05, 4.69) is 58.4 Å². The fraction of sp³-hybridized carbons (Fsp3) is 0.105. The van der Waals surface area contributed by atoms with Crippen LogP contribution >= 0.6 is 38.9 Å². The standard InChI is InChI=1S/C38H26BrClN2O2S/c39-26-17-13-23(14-18-26)22-44-33-20-16-24-7-1-3-9-27(24)31(33)21-34-37(43)42-36(29-11-5-6-12-32(29)40)30-19-15-25-8-2-4-10-28(25)35(30)41-38(42)45-34/h1-14,16-18,20-21,36H,15,19,22H2/b34-21+. The van der Waals surface area contributed by atoms with Crippen molar-refractivity contribution in [2.45, 2.75) is 25.5 Å². The molecule has 2 aliphatic rings. The van der Waals surface area contributed by atoms with Crippen molar-refractivity contribution in [1.29, 1.82) is 0 Å². The molecule has 0 spiro atoms. The number of thiazole rings is 1. The molecule has 220 valence electrons. The summed E-state index contributed by atoms with van der Waals surface area (Å²) in [7, 11) is 0. The first kappa shape index (κ1) is 28.3. The van der Waals surface area contributed by atoms with Crippen LogP contribution in [0.5, 0.6) is 5.75 Å². The number of fused-ring (bicyclic) bond motifs is 4. The van der Waals surface area contributed by atoms with E-state index in [9.17, 15) is 4.79 Å². The molecule has 8 rings (SSSR count). The van der Waals surface area contributed by atoms with E-state index in [1.54, 1.807) is 0 Å². The van der Waals surface area contributed by atoms with Crippen molar-refractivity contribution in [3.8, 4) is 5.75 Å². The average Bonchev–Trinajstić information content (AvgIpc) is 3.38. The Bertz CT molecular complexity index is 2340. The molecular weight excluding hydrogens is 664 g/mol. The van der Waals surface area contributed by atoms with Gasteiger partial charge in [-0.2, -0.15) is 0 Å². The molecule has 1 aliphatic heterocycles. The molecular formula is C38H26BrClN2O2S. The molecule has 1 unspecified atom stereocenters. The Morgan fingerprint density at radius 3 is 2.56 bits per heavy atom. The highest BCUT2D eigenvalue weighted by molar-refractivity contribution is 9.10. The molecule has 45 heavy (non-hydrogen) atoms. The predicted molar refractivity (Wildman–Crippen MR) is 187 cm³/mol. The second-order valence-electron chi connectivity index (χ2n) is 11.2. The second kappa shape index (κ2) is 11.6. The third-order valence-corrected chi connectivity index (χ3v) is 10.4. The number of hydrogen-bond donors (Lipinski definition) is 0. The van der Waals surface area contributed by atoms with Gasteiger partial charge in [0.2, 0.25) is 0 Å². The van der Waals surface area contributed by atoms with Gasteiger partial charge >= 0.3 is 0 Å². The Morgan fingerprint density at radius 2 is 1.69 bits per heavy atom. The molecule has 6 aromatic rings. The van der Waals surface area contributed by atoms with E-state index < -0.39 is 0 Å². The topological polar surface area (TPSA) is 43.6 Å². The van der Waals surface area contributed by atoms with Crippen LogP contribution in [0.15, 0.2) is 129 Å². The molecule has 0 saturated carbocycles. The van der Waals surface area contributed by atoms with Crippen molar-refractivity contribution in [3.63, 3.8) is 0 Å². The van der Waals surface area contributed by atoms with Crippen LogP contribution < -0.4 is 19.6 Å². The summed E-state index contributed by atoms with van der Waals surface area (Å²) < 4.78 is 9.88. The predicted octanol–water partition coefficient (Wildman–Crippen LogP) is 8.47. The maximum absolute atomic E-state index is 14.5. The summed E-state index contributed by atoms with van der Waals surface area (Å²) >= 11 is 11.8. The van der Waals surface area contributed by atoms with E-state index in [1.165, 1.54) is 16.9 Å². The molecule has 0 N–H and O–H groups in total. The van der Waals surface area contributed by atoms with Gasteiger partial charge in [-0.05, 0) is 76.2 Å². The molecule has 0 fully saturated rings. The number of aryl methyl sites for hydroxylation is 1. The van der Waals surface area contributed by atoms with Crippen molar-refractivity contribution in [2.75, 3.05) is 0 Å². The lowest BCUT2D eigenvalue weighted by Crippen LogP contribution is -2.38. The minimum absolute atomic E-state index is 0.0825. The number of halogens is 2.